The third kappa shape index (κ3) is 2.79. The molecular formula is C21H26N2. The molecule has 0 aliphatic carbocycles. The molecule has 0 amide bonds. The zero-order valence-electron chi connectivity index (χ0n) is 14.7. The summed E-state index contributed by atoms with van der Waals surface area (Å²) in [4.78, 5) is 2.46. The number of rotatable bonds is 4. The molecule has 0 fully saturated rings. The second kappa shape index (κ2) is 6.21. The zero-order valence-corrected chi connectivity index (χ0v) is 14.7. The molecule has 0 spiro atoms. The van der Waals surface area contributed by atoms with Crippen LogP contribution < -0.4 is 0 Å². The Labute approximate surface area is 139 Å². The molecule has 3 rings (SSSR count). The first-order chi connectivity index (χ1) is 11.0. The van der Waals surface area contributed by atoms with Gasteiger partial charge in [0.15, 0.2) is 0 Å². The largest absolute Gasteiger partial charge is 0.350 e. The van der Waals surface area contributed by atoms with Crippen LogP contribution in [0.2, 0.25) is 0 Å². The average molecular weight is 306 g/mol. The fourth-order valence-corrected chi connectivity index (χ4v) is 3.39. The van der Waals surface area contributed by atoms with E-state index in [1.165, 1.54) is 27.6 Å². The van der Waals surface area contributed by atoms with Crippen LogP contribution in [0.5, 0.6) is 0 Å². The van der Waals surface area contributed by atoms with Crippen molar-refractivity contribution >= 4 is 10.9 Å². The topological polar surface area (TPSA) is 8.17 Å². The minimum atomic E-state index is 0.266. The van der Waals surface area contributed by atoms with Crippen LogP contribution in [0.25, 0.3) is 10.9 Å². The summed E-state index contributed by atoms with van der Waals surface area (Å²) in [5.41, 5.74) is 5.41. The molecule has 0 aliphatic heterocycles. The fourth-order valence-electron chi connectivity index (χ4n) is 3.39. The van der Waals surface area contributed by atoms with Crippen LogP contribution in [0.4, 0.5) is 0 Å². The van der Waals surface area contributed by atoms with Crippen LogP contribution in [-0.2, 0) is 7.05 Å². The number of para-hydroxylation sites is 1. The quantitative estimate of drug-likeness (QED) is 0.664. The van der Waals surface area contributed by atoms with E-state index < -0.39 is 0 Å². The van der Waals surface area contributed by atoms with E-state index in [2.05, 4.69) is 99.1 Å². The van der Waals surface area contributed by atoms with Crippen LogP contribution in [-0.4, -0.2) is 22.6 Å². The molecule has 0 saturated carbocycles. The van der Waals surface area contributed by atoms with Crippen LogP contribution in [0, 0.1) is 6.92 Å². The van der Waals surface area contributed by atoms with Gasteiger partial charge in [-0.15, -0.1) is 0 Å². The SMILES string of the molecule is Cc1ccccc1C(c1cn(C)c2ccccc12)N(C)C(C)C. The number of hydrogen-bond acceptors (Lipinski definition) is 1. The zero-order chi connectivity index (χ0) is 16.6. The van der Waals surface area contributed by atoms with Crippen molar-refractivity contribution in [2.75, 3.05) is 7.05 Å². The molecule has 0 saturated heterocycles. The maximum atomic E-state index is 2.46. The number of fused-ring (bicyclic) bond motifs is 1. The Hall–Kier alpha value is -2.06. The highest BCUT2D eigenvalue weighted by Gasteiger charge is 2.25. The van der Waals surface area contributed by atoms with Crippen molar-refractivity contribution in [1.82, 2.24) is 9.47 Å². The second-order valence-electron chi connectivity index (χ2n) is 6.73. The van der Waals surface area contributed by atoms with Crippen LogP contribution in [0.3, 0.4) is 0 Å². The van der Waals surface area contributed by atoms with Crippen molar-refractivity contribution in [1.29, 1.82) is 0 Å². The molecule has 0 radical (unpaired) electrons. The van der Waals surface area contributed by atoms with Crippen molar-refractivity contribution < 1.29 is 0 Å². The molecule has 23 heavy (non-hydrogen) atoms. The van der Waals surface area contributed by atoms with Crippen LogP contribution in [0.15, 0.2) is 54.7 Å². The molecule has 0 aliphatic rings. The monoisotopic (exact) mass is 306 g/mol. The molecule has 2 heteroatoms. The Kier molecular flexibility index (Phi) is 4.27. The number of benzene rings is 2. The summed E-state index contributed by atoms with van der Waals surface area (Å²) in [5.74, 6) is 0. The molecule has 1 aromatic heterocycles. The van der Waals surface area contributed by atoms with Crippen molar-refractivity contribution in [2.45, 2.75) is 32.9 Å². The molecule has 0 bridgehead atoms. The predicted octanol–water partition coefficient (Wildman–Crippen LogP) is 4.92. The van der Waals surface area contributed by atoms with Gasteiger partial charge in [-0.1, -0.05) is 42.5 Å². The predicted molar refractivity (Wildman–Crippen MR) is 98.8 cm³/mol. The Morgan fingerprint density at radius 2 is 1.57 bits per heavy atom. The Morgan fingerprint density at radius 1 is 0.913 bits per heavy atom. The van der Waals surface area contributed by atoms with Crippen molar-refractivity contribution in [2.24, 2.45) is 7.05 Å². The third-order valence-electron chi connectivity index (χ3n) is 4.93. The summed E-state index contributed by atoms with van der Waals surface area (Å²) in [6, 6.07) is 18.2. The fraction of sp³-hybridized carbons (Fsp3) is 0.333. The highest BCUT2D eigenvalue weighted by molar-refractivity contribution is 5.85. The van der Waals surface area contributed by atoms with Crippen molar-refractivity contribution in [3.05, 3.63) is 71.4 Å². The molecule has 2 aromatic carbocycles. The Morgan fingerprint density at radius 3 is 2.26 bits per heavy atom. The molecule has 1 heterocycles. The first kappa shape index (κ1) is 15.8. The maximum absolute atomic E-state index is 2.46. The van der Waals surface area contributed by atoms with Gasteiger partial charge in [0.2, 0.25) is 0 Å². The lowest BCUT2D eigenvalue weighted by molar-refractivity contribution is 0.225. The van der Waals surface area contributed by atoms with Gasteiger partial charge in [0.05, 0.1) is 6.04 Å². The van der Waals surface area contributed by atoms with E-state index in [1.807, 2.05) is 0 Å². The molecule has 0 N–H and O–H groups in total. The van der Waals surface area contributed by atoms with E-state index in [1.54, 1.807) is 0 Å². The summed E-state index contributed by atoms with van der Waals surface area (Å²) in [5, 5.41) is 1.34. The van der Waals surface area contributed by atoms with E-state index in [-0.39, 0.29) is 6.04 Å². The standard InChI is InChI=1S/C21H26N2/c1-15(2)23(5)21(17-11-7-6-10-16(17)3)19-14-22(4)20-13-9-8-12-18(19)20/h6-15,21H,1-5H3. The van der Waals surface area contributed by atoms with E-state index >= 15 is 0 Å². The normalized spacial score (nSPS) is 13.2. The van der Waals surface area contributed by atoms with Crippen LogP contribution in [0.1, 0.15) is 36.6 Å². The highest BCUT2D eigenvalue weighted by atomic mass is 15.2. The van der Waals surface area contributed by atoms with Gasteiger partial charge < -0.3 is 4.57 Å². The summed E-state index contributed by atoms with van der Waals surface area (Å²) in [7, 11) is 4.36. The minimum absolute atomic E-state index is 0.266. The first-order valence-corrected chi connectivity index (χ1v) is 8.32. The highest BCUT2D eigenvalue weighted by Crippen LogP contribution is 2.36. The second-order valence-corrected chi connectivity index (χ2v) is 6.73. The first-order valence-electron chi connectivity index (χ1n) is 8.32. The Balaban J connectivity index is 2.25. The van der Waals surface area contributed by atoms with Crippen molar-refractivity contribution in [3.63, 3.8) is 0 Å². The summed E-state index contributed by atoms with van der Waals surface area (Å²) >= 11 is 0. The summed E-state index contributed by atoms with van der Waals surface area (Å²) in [6.07, 6.45) is 2.29. The van der Waals surface area contributed by atoms with E-state index in [0.717, 1.165) is 0 Å². The van der Waals surface area contributed by atoms with Gasteiger partial charge in [0.1, 0.15) is 0 Å². The lowest BCUT2D eigenvalue weighted by Crippen LogP contribution is -2.32. The summed E-state index contributed by atoms with van der Waals surface area (Å²) < 4.78 is 2.24. The summed E-state index contributed by atoms with van der Waals surface area (Å²) in [6.45, 7) is 6.73. The molecular weight excluding hydrogens is 280 g/mol. The van der Waals surface area contributed by atoms with Gasteiger partial charge in [-0.05, 0) is 50.6 Å². The smallest absolute Gasteiger partial charge is 0.0625 e. The maximum Gasteiger partial charge on any atom is 0.0625 e. The third-order valence-corrected chi connectivity index (χ3v) is 4.93. The molecule has 3 aromatic rings. The van der Waals surface area contributed by atoms with Crippen molar-refractivity contribution in [3.8, 4) is 0 Å². The van der Waals surface area contributed by atoms with Gasteiger partial charge in [-0.25, -0.2) is 0 Å². The van der Waals surface area contributed by atoms with Gasteiger partial charge in [-0.2, -0.15) is 0 Å². The lowest BCUT2D eigenvalue weighted by atomic mass is 9.93. The van der Waals surface area contributed by atoms with Gasteiger partial charge in [0.25, 0.3) is 0 Å². The number of aryl methyl sites for hydroxylation is 2. The average Bonchev–Trinajstić information content (AvgIpc) is 2.87. The number of nitrogens with zero attached hydrogens (tertiary/aromatic N) is 2. The van der Waals surface area contributed by atoms with Gasteiger partial charge >= 0.3 is 0 Å². The van der Waals surface area contributed by atoms with E-state index in [0.29, 0.717) is 6.04 Å². The van der Waals surface area contributed by atoms with E-state index in [9.17, 15) is 0 Å². The lowest BCUT2D eigenvalue weighted by Gasteiger charge is -2.32. The molecule has 1 atom stereocenters. The van der Waals surface area contributed by atoms with Gasteiger partial charge in [0, 0.05) is 30.2 Å². The minimum Gasteiger partial charge on any atom is -0.350 e. The molecule has 120 valence electrons. The molecule has 2 nitrogen and oxygen atoms in total. The molecule has 1 unspecified atom stereocenters. The van der Waals surface area contributed by atoms with Gasteiger partial charge in [-0.3, -0.25) is 4.90 Å². The Bertz CT molecular complexity index is 814. The van der Waals surface area contributed by atoms with E-state index in [4.69, 9.17) is 0 Å². The number of hydrogen-bond donors (Lipinski definition) is 0. The van der Waals surface area contributed by atoms with Crippen LogP contribution >= 0.6 is 0 Å². The number of aromatic nitrogens is 1.